The Balaban J connectivity index is 1.94. The molecule has 2 aliphatic carbocycles. The molecule has 0 aliphatic heterocycles. The first-order chi connectivity index (χ1) is 12.4. The summed E-state index contributed by atoms with van der Waals surface area (Å²) in [6.07, 6.45) is 9.07. The molecule has 3 aromatic carbocycles. The molecular weight excluding hydrogens is 300 g/mol. The van der Waals surface area contributed by atoms with Crippen LogP contribution in [-0.2, 0) is 5.41 Å². The van der Waals surface area contributed by atoms with E-state index in [-0.39, 0.29) is 5.41 Å². The molecule has 25 heavy (non-hydrogen) atoms. The van der Waals surface area contributed by atoms with Crippen LogP contribution in [0.25, 0.3) is 11.1 Å². The fourth-order valence-corrected chi connectivity index (χ4v) is 4.68. The van der Waals surface area contributed by atoms with Crippen LogP contribution in [0.5, 0.6) is 0 Å². The van der Waals surface area contributed by atoms with E-state index >= 15 is 0 Å². The summed E-state index contributed by atoms with van der Waals surface area (Å²) in [7, 11) is 0. The molecule has 0 unspecified atom stereocenters. The van der Waals surface area contributed by atoms with Crippen LogP contribution in [0.3, 0.4) is 0 Å². The Hall–Kier alpha value is -2.86. The Kier molecular flexibility index (Phi) is 3.24. The Morgan fingerprint density at radius 2 is 1.24 bits per heavy atom. The zero-order valence-corrected chi connectivity index (χ0v) is 14.2. The summed E-state index contributed by atoms with van der Waals surface area (Å²) in [6.45, 7) is 0. The Bertz CT molecular complexity index is 944. The highest BCUT2D eigenvalue weighted by Crippen LogP contribution is 2.57. The summed E-state index contributed by atoms with van der Waals surface area (Å²) in [5, 5.41) is 0. The van der Waals surface area contributed by atoms with Gasteiger partial charge in [-0.05, 0) is 40.7 Å². The summed E-state index contributed by atoms with van der Waals surface area (Å²) in [4.78, 5) is 0. The Morgan fingerprint density at radius 1 is 0.640 bits per heavy atom. The predicted molar refractivity (Wildman–Crippen MR) is 105 cm³/mol. The van der Waals surface area contributed by atoms with Crippen LogP contribution in [0.1, 0.15) is 29.5 Å². The van der Waals surface area contributed by atoms with Gasteiger partial charge in [0, 0.05) is 0 Å². The van der Waals surface area contributed by atoms with Crippen LogP contribution in [0.4, 0.5) is 0 Å². The molecule has 5 rings (SSSR count). The van der Waals surface area contributed by atoms with Gasteiger partial charge in [-0.2, -0.15) is 0 Å². The summed E-state index contributed by atoms with van der Waals surface area (Å²) in [6, 6.07) is 28.9. The molecule has 2 aliphatic rings. The molecule has 0 atom stereocenters. The molecular formula is C25H20. The van der Waals surface area contributed by atoms with Crippen LogP contribution in [0.2, 0.25) is 0 Å². The molecule has 0 N–H and O–H groups in total. The molecule has 0 radical (unpaired) electrons. The lowest BCUT2D eigenvalue weighted by Gasteiger charge is -2.36. The minimum Gasteiger partial charge on any atom is -0.0842 e. The van der Waals surface area contributed by atoms with Crippen molar-refractivity contribution in [3.63, 3.8) is 0 Å². The van der Waals surface area contributed by atoms with Gasteiger partial charge in [-0.15, -0.1) is 0 Å². The minimum atomic E-state index is -0.167. The third kappa shape index (κ3) is 1.94. The van der Waals surface area contributed by atoms with Crippen molar-refractivity contribution < 1.29 is 0 Å². The van der Waals surface area contributed by atoms with Gasteiger partial charge in [0.05, 0.1) is 5.41 Å². The molecule has 0 spiro atoms. The second-order valence-corrected chi connectivity index (χ2v) is 6.87. The zero-order valence-electron chi connectivity index (χ0n) is 14.2. The van der Waals surface area contributed by atoms with Crippen LogP contribution in [0.15, 0.2) is 103 Å². The highest BCUT2D eigenvalue weighted by atomic mass is 14.5. The second-order valence-electron chi connectivity index (χ2n) is 6.87. The van der Waals surface area contributed by atoms with Gasteiger partial charge in [-0.25, -0.2) is 0 Å². The second kappa shape index (κ2) is 5.60. The van der Waals surface area contributed by atoms with Gasteiger partial charge < -0.3 is 0 Å². The maximum Gasteiger partial charge on any atom is 0.0676 e. The van der Waals surface area contributed by atoms with E-state index in [2.05, 4.69) is 97.1 Å². The normalized spacial score (nSPS) is 16.9. The zero-order chi connectivity index (χ0) is 16.7. The number of allylic oxidation sites excluding steroid dienone is 4. The fraction of sp³-hybridized carbons (Fsp3) is 0.120. The van der Waals surface area contributed by atoms with Crippen molar-refractivity contribution in [1.29, 1.82) is 0 Å². The van der Waals surface area contributed by atoms with Gasteiger partial charge in [0.25, 0.3) is 0 Å². The monoisotopic (exact) mass is 320 g/mol. The van der Waals surface area contributed by atoms with Crippen molar-refractivity contribution >= 4 is 0 Å². The summed E-state index contributed by atoms with van der Waals surface area (Å²) in [5.41, 5.74) is 8.29. The summed E-state index contributed by atoms with van der Waals surface area (Å²) >= 11 is 0. The van der Waals surface area contributed by atoms with Crippen molar-refractivity contribution in [2.24, 2.45) is 0 Å². The first-order valence-corrected chi connectivity index (χ1v) is 9.03. The van der Waals surface area contributed by atoms with Crippen LogP contribution in [0, 0.1) is 0 Å². The first kappa shape index (κ1) is 14.5. The van der Waals surface area contributed by atoms with Gasteiger partial charge in [-0.1, -0.05) is 103 Å². The standard InChI is InChI=1S/C25H20/c1-3-11-19(12-4-1)25(20-13-5-2-6-14-20)23-17-9-7-15-21(23)22-16-8-10-18-24(22)25/h1-5,7-13,15-18H,6,14H2. The minimum absolute atomic E-state index is 0.167. The van der Waals surface area contributed by atoms with E-state index in [0.29, 0.717) is 0 Å². The molecule has 0 amide bonds. The third-order valence-electron chi connectivity index (χ3n) is 5.65. The fourth-order valence-electron chi connectivity index (χ4n) is 4.68. The average molecular weight is 320 g/mol. The van der Waals surface area contributed by atoms with E-state index in [1.807, 2.05) is 0 Å². The van der Waals surface area contributed by atoms with Crippen LogP contribution < -0.4 is 0 Å². The van der Waals surface area contributed by atoms with Gasteiger partial charge >= 0.3 is 0 Å². The van der Waals surface area contributed by atoms with E-state index in [9.17, 15) is 0 Å². The van der Waals surface area contributed by atoms with Crippen molar-refractivity contribution in [3.8, 4) is 11.1 Å². The molecule has 3 aromatic rings. The van der Waals surface area contributed by atoms with Gasteiger partial charge in [-0.3, -0.25) is 0 Å². The molecule has 0 aromatic heterocycles. The van der Waals surface area contributed by atoms with Crippen LogP contribution in [-0.4, -0.2) is 0 Å². The number of hydrogen-bond donors (Lipinski definition) is 0. The van der Waals surface area contributed by atoms with Crippen molar-refractivity contribution in [2.75, 3.05) is 0 Å². The molecule has 0 bridgehead atoms. The number of benzene rings is 3. The van der Waals surface area contributed by atoms with E-state index in [0.717, 1.165) is 12.8 Å². The molecule has 0 heteroatoms. The number of fused-ring (bicyclic) bond motifs is 3. The molecule has 0 heterocycles. The molecule has 0 saturated carbocycles. The van der Waals surface area contributed by atoms with Crippen molar-refractivity contribution in [2.45, 2.75) is 18.3 Å². The molecule has 0 nitrogen and oxygen atoms in total. The summed E-state index contributed by atoms with van der Waals surface area (Å²) < 4.78 is 0. The van der Waals surface area contributed by atoms with Crippen molar-refractivity contribution in [3.05, 3.63) is 119 Å². The van der Waals surface area contributed by atoms with E-state index in [1.165, 1.54) is 33.4 Å². The highest BCUT2D eigenvalue weighted by Gasteiger charge is 2.46. The predicted octanol–water partition coefficient (Wildman–Crippen LogP) is 6.28. The topological polar surface area (TPSA) is 0 Å². The highest BCUT2D eigenvalue weighted by molar-refractivity contribution is 5.86. The first-order valence-electron chi connectivity index (χ1n) is 9.03. The van der Waals surface area contributed by atoms with E-state index in [1.54, 1.807) is 0 Å². The van der Waals surface area contributed by atoms with E-state index in [4.69, 9.17) is 0 Å². The Labute approximate surface area is 149 Å². The number of rotatable bonds is 2. The number of hydrogen-bond acceptors (Lipinski definition) is 0. The van der Waals surface area contributed by atoms with Gasteiger partial charge in [0.15, 0.2) is 0 Å². The molecule has 120 valence electrons. The van der Waals surface area contributed by atoms with Crippen molar-refractivity contribution in [1.82, 2.24) is 0 Å². The SMILES string of the molecule is C1=CCCC(C2(c3ccccc3)c3ccccc3-c3ccccc32)=C1. The smallest absolute Gasteiger partial charge is 0.0676 e. The van der Waals surface area contributed by atoms with E-state index < -0.39 is 0 Å². The quantitative estimate of drug-likeness (QED) is 0.521. The average Bonchev–Trinajstić information content (AvgIpc) is 3.01. The summed E-state index contributed by atoms with van der Waals surface area (Å²) in [5.74, 6) is 0. The lowest BCUT2D eigenvalue weighted by Crippen LogP contribution is -2.30. The van der Waals surface area contributed by atoms with Crippen LogP contribution >= 0.6 is 0 Å². The lowest BCUT2D eigenvalue weighted by atomic mass is 9.65. The largest absolute Gasteiger partial charge is 0.0842 e. The maximum absolute atomic E-state index is 2.34. The molecule has 0 saturated heterocycles. The maximum atomic E-state index is 2.34. The lowest BCUT2D eigenvalue weighted by molar-refractivity contribution is 0.693. The third-order valence-corrected chi connectivity index (χ3v) is 5.65. The Morgan fingerprint density at radius 3 is 1.84 bits per heavy atom. The molecule has 0 fully saturated rings. The van der Waals surface area contributed by atoms with Gasteiger partial charge in [0.2, 0.25) is 0 Å². The van der Waals surface area contributed by atoms with Gasteiger partial charge in [0.1, 0.15) is 0 Å².